The molecule has 0 spiro atoms. The molecular weight excluding hydrogens is 448 g/mol. The quantitative estimate of drug-likeness (QED) is 0.556. The molecule has 3 aromatic rings. The van der Waals surface area contributed by atoms with E-state index in [2.05, 4.69) is 26.7 Å². The van der Waals surface area contributed by atoms with Gasteiger partial charge in [-0.2, -0.15) is 0 Å². The van der Waals surface area contributed by atoms with Crippen LogP contribution < -0.4 is 10.6 Å². The highest BCUT2D eigenvalue weighted by atomic mass is 32.2. The van der Waals surface area contributed by atoms with Crippen LogP contribution in [0.4, 0.5) is 11.6 Å². The van der Waals surface area contributed by atoms with Gasteiger partial charge in [0.2, 0.25) is 5.95 Å². The van der Waals surface area contributed by atoms with Gasteiger partial charge in [-0.25, -0.2) is 18.4 Å². The summed E-state index contributed by atoms with van der Waals surface area (Å²) in [5.41, 5.74) is 4.56. The molecule has 0 unspecified atom stereocenters. The summed E-state index contributed by atoms with van der Waals surface area (Å²) in [6.07, 6.45) is 10.1. The van der Waals surface area contributed by atoms with E-state index in [-0.39, 0.29) is 11.0 Å². The maximum absolute atomic E-state index is 12.8. The summed E-state index contributed by atoms with van der Waals surface area (Å²) in [4.78, 5) is 20.8. The molecule has 0 atom stereocenters. The van der Waals surface area contributed by atoms with Crippen molar-refractivity contribution in [3.8, 4) is 0 Å². The van der Waals surface area contributed by atoms with Gasteiger partial charge < -0.3 is 10.6 Å². The first-order valence-corrected chi connectivity index (χ1v) is 13.0. The van der Waals surface area contributed by atoms with Crippen molar-refractivity contribution in [2.24, 2.45) is 0 Å². The lowest BCUT2D eigenvalue weighted by molar-refractivity contribution is 0.0994. The molecule has 2 aromatic carbocycles. The largest absolute Gasteiger partial charge is 0.324 e. The molecule has 2 N–H and O–H groups in total. The minimum atomic E-state index is -3.32. The van der Waals surface area contributed by atoms with Crippen molar-refractivity contribution in [2.45, 2.75) is 35.8 Å². The minimum Gasteiger partial charge on any atom is -0.324 e. The Hall–Kier alpha value is -3.36. The monoisotopic (exact) mass is 474 g/mol. The summed E-state index contributed by atoms with van der Waals surface area (Å²) in [6, 6.07) is 12.7. The number of hydrogen-bond donors (Lipinski definition) is 2. The third-order valence-electron chi connectivity index (χ3n) is 6.36. The van der Waals surface area contributed by atoms with E-state index in [9.17, 15) is 13.2 Å². The van der Waals surface area contributed by atoms with Gasteiger partial charge in [-0.1, -0.05) is 30.4 Å². The Morgan fingerprint density at radius 3 is 2.35 bits per heavy atom. The van der Waals surface area contributed by atoms with Gasteiger partial charge in [-0.05, 0) is 67.7 Å². The number of benzene rings is 2. The van der Waals surface area contributed by atoms with E-state index in [1.54, 1.807) is 36.7 Å². The summed E-state index contributed by atoms with van der Waals surface area (Å²) in [7, 11) is -3.32. The second kappa shape index (κ2) is 9.48. The Balaban J connectivity index is 1.22. The number of rotatable bonds is 6. The average molecular weight is 475 g/mol. The number of ketones is 1. The number of anilines is 2. The van der Waals surface area contributed by atoms with Crippen LogP contribution in [0.5, 0.6) is 0 Å². The van der Waals surface area contributed by atoms with Gasteiger partial charge in [-0.3, -0.25) is 4.79 Å². The lowest BCUT2D eigenvalue weighted by Crippen LogP contribution is -2.35. The smallest absolute Gasteiger partial charge is 0.227 e. The molecule has 0 amide bonds. The number of fused-ring (bicyclic) bond motifs is 1. The van der Waals surface area contributed by atoms with Crippen LogP contribution in [-0.4, -0.2) is 42.5 Å². The average Bonchev–Trinajstić information content (AvgIpc) is 3.24. The summed E-state index contributed by atoms with van der Waals surface area (Å²) in [5, 5.41) is 5.99. The number of piperidine rings is 1. The van der Waals surface area contributed by atoms with E-state index in [1.807, 2.05) is 24.3 Å². The second-order valence-electron chi connectivity index (χ2n) is 8.66. The van der Waals surface area contributed by atoms with Crippen LogP contribution in [0.3, 0.4) is 0 Å². The summed E-state index contributed by atoms with van der Waals surface area (Å²) < 4.78 is 25.7. The zero-order valence-corrected chi connectivity index (χ0v) is 19.5. The van der Waals surface area contributed by atoms with Gasteiger partial charge in [-0.15, -0.1) is 0 Å². The predicted molar refractivity (Wildman–Crippen MR) is 133 cm³/mol. The Labute approximate surface area is 199 Å². The second-order valence-corrected chi connectivity index (χ2v) is 10.9. The number of aryl methyl sites for hydroxylation is 1. The van der Waals surface area contributed by atoms with Crippen LogP contribution in [0.15, 0.2) is 59.8 Å². The molecule has 7 nitrogen and oxygen atoms in total. The summed E-state index contributed by atoms with van der Waals surface area (Å²) in [6.45, 7) is 1.47. The maximum Gasteiger partial charge on any atom is 0.227 e. The van der Waals surface area contributed by atoms with Crippen molar-refractivity contribution in [3.05, 3.63) is 77.1 Å². The third kappa shape index (κ3) is 4.78. The highest BCUT2D eigenvalue weighted by Gasteiger charge is 2.28. The molecule has 0 radical (unpaired) electrons. The molecule has 5 rings (SSSR count). The van der Waals surface area contributed by atoms with Crippen molar-refractivity contribution >= 4 is 39.4 Å². The number of nitrogens with zero attached hydrogens (tertiary/aromatic N) is 2. The molecule has 34 heavy (non-hydrogen) atoms. The molecule has 0 bridgehead atoms. The molecule has 1 saturated heterocycles. The van der Waals surface area contributed by atoms with Crippen molar-refractivity contribution in [1.29, 1.82) is 0 Å². The number of hydrogen-bond acceptors (Lipinski definition) is 7. The van der Waals surface area contributed by atoms with Gasteiger partial charge in [0.15, 0.2) is 15.6 Å². The first kappa shape index (κ1) is 22.4. The Kier molecular flexibility index (Phi) is 6.26. The van der Waals surface area contributed by atoms with E-state index >= 15 is 0 Å². The zero-order valence-electron chi connectivity index (χ0n) is 18.7. The van der Waals surface area contributed by atoms with E-state index < -0.39 is 9.84 Å². The van der Waals surface area contributed by atoms with Crippen LogP contribution in [0, 0.1) is 0 Å². The van der Waals surface area contributed by atoms with Crippen molar-refractivity contribution in [3.63, 3.8) is 0 Å². The predicted octanol–water partition coefficient (Wildman–Crippen LogP) is 4.05. The number of aromatic nitrogens is 2. The fourth-order valence-electron chi connectivity index (χ4n) is 4.42. The van der Waals surface area contributed by atoms with Crippen LogP contribution in [0.2, 0.25) is 0 Å². The summed E-state index contributed by atoms with van der Waals surface area (Å²) in [5.74, 6) is 0.655. The lowest BCUT2D eigenvalue weighted by atomic mass is 10.1. The lowest BCUT2D eigenvalue weighted by Gasteiger charge is -2.22. The molecule has 2 aliphatic rings. The SMILES string of the molecule is O=C1CCc2cc(C=Cc3cnc(Nc4ccc(S(=O)(=O)C5CCNCC5)cc4)nc3)ccc21. The standard InChI is InChI=1S/C26H26N4O3S/c31-25-10-4-20-15-18(3-9-24(20)25)1-2-19-16-28-26(29-17-19)30-21-5-7-22(8-6-21)34(32,33)23-11-13-27-14-12-23/h1-3,5-9,15-17,23,27H,4,10-14H2,(H,28,29,30). The number of carbonyl (C=O) groups is 1. The van der Waals surface area contributed by atoms with Crippen LogP contribution in [0.1, 0.15) is 46.3 Å². The molecular formula is C26H26N4O3S. The first-order chi connectivity index (χ1) is 16.5. The zero-order chi connectivity index (χ0) is 23.5. The molecule has 174 valence electrons. The van der Waals surface area contributed by atoms with E-state index in [4.69, 9.17) is 0 Å². The Morgan fingerprint density at radius 2 is 1.62 bits per heavy atom. The van der Waals surface area contributed by atoms with Crippen LogP contribution in [0.25, 0.3) is 12.2 Å². The Bertz CT molecular complexity index is 1330. The molecule has 8 heteroatoms. The number of carbonyl (C=O) groups excluding carboxylic acids is 1. The van der Waals surface area contributed by atoms with Crippen molar-refractivity contribution in [1.82, 2.24) is 15.3 Å². The normalized spacial score (nSPS) is 16.6. The summed E-state index contributed by atoms with van der Waals surface area (Å²) >= 11 is 0. The third-order valence-corrected chi connectivity index (χ3v) is 8.63. The first-order valence-electron chi connectivity index (χ1n) is 11.5. The molecule has 1 fully saturated rings. The van der Waals surface area contributed by atoms with Gasteiger partial charge in [0.05, 0.1) is 10.1 Å². The number of Topliss-reactive ketones (excluding diaryl/α,β-unsaturated/α-hetero) is 1. The molecule has 1 aliphatic carbocycles. The van der Waals surface area contributed by atoms with Gasteiger partial charge >= 0.3 is 0 Å². The van der Waals surface area contributed by atoms with Crippen molar-refractivity contribution < 1.29 is 13.2 Å². The van der Waals surface area contributed by atoms with Gasteiger partial charge in [0.1, 0.15) is 0 Å². The van der Waals surface area contributed by atoms with Gasteiger partial charge in [0, 0.05) is 35.6 Å². The highest BCUT2D eigenvalue weighted by Crippen LogP contribution is 2.25. The fraction of sp³-hybridized carbons (Fsp3) is 0.269. The van der Waals surface area contributed by atoms with Crippen molar-refractivity contribution in [2.75, 3.05) is 18.4 Å². The molecule has 1 aromatic heterocycles. The van der Waals surface area contributed by atoms with Gasteiger partial charge in [0.25, 0.3) is 0 Å². The van der Waals surface area contributed by atoms with E-state index in [0.29, 0.717) is 30.1 Å². The van der Waals surface area contributed by atoms with Crippen LogP contribution in [-0.2, 0) is 16.3 Å². The fourth-order valence-corrected chi connectivity index (χ4v) is 6.17. The molecule has 1 aliphatic heterocycles. The van der Waals surface area contributed by atoms with Crippen LogP contribution >= 0.6 is 0 Å². The highest BCUT2D eigenvalue weighted by molar-refractivity contribution is 7.92. The van der Waals surface area contributed by atoms with E-state index in [1.165, 1.54) is 0 Å². The topological polar surface area (TPSA) is 101 Å². The number of sulfone groups is 1. The Morgan fingerprint density at radius 1 is 0.912 bits per heavy atom. The number of nitrogens with one attached hydrogen (secondary N) is 2. The maximum atomic E-state index is 12.8. The van der Waals surface area contributed by atoms with E-state index in [0.717, 1.165) is 47.5 Å². The minimum absolute atomic E-state index is 0.222. The molecule has 2 heterocycles. The molecule has 0 saturated carbocycles.